The standard InChI is InChI=1S/C20H20ClN3O4/c21-16-6-7-17(22-11-16)23-18(25)13-28-20(27)15-10-19(26)24(12-15)9-8-14-4-2-1-3-5-14/h1-7,11,15H,8-10,12-13H2,(H,22,23,25)/t15-/m0/s1. The molecule has 146 valence electrons. The topological polar surface area (TPSA) is 88.6 Å². The van der Waals surface area contributed by atoms with Crippen LogP contribution in [-0.2, 0) is 25.5 Å². The van der Waals surface area contributed by atoms with Gasteiger partial charge in [0.25, 0.3) is 5.91 Å². The van der Waals surface area contributed by atoms with E-state index in [0.717, 1.165) is 12.0 Å². The van der Waals surface area contributed by atoms with Crippen molar-refractivity contribution < 1.29 is 19.1 Å². The van der Waals surface area contributed by atoms with Crippen LogP contribution in [0.4, 0.5) is 5.82 Å². The van der Waals surface area contributed by atoms with Crippen LogP contribution in [0.2, 0.25) is 5.02 Å². The van der Waals surface area contributed by atoms with Gasteiger partial charge in [0.15, 0.2) is 6.61 Å². The fourth-order valence-electron chi connectivity index (χ4n) is 2.94. The van der Waals surface area contributed by atoms with E-state index in [0.29, 0.717) is 23.9 Å². The quantitative estimate of drug-likeness (QED) is 0.719. The van der Waals surface area contributed by atoms with E-state index in [1.54, 1.807) is 17.0 Å². The number of likely N-dealkylation sites (tertiary alicyclic amines) is 1. The van der Waals surface area contributed by atoms with Crippen LogP contribution in [0.1, 0.15) is 12.0 Å². The van der Waals surface area contributed by atoms with Crippen LogP contribution in [-0.4, -0.2) is 47.4 Å². The molecule has 2 aromatic rings. The largest absolute Gasteiger partial charge is 0.455 e. The molecular weight excluding hydrogens is 382 g/mol. The number of hydrogen-bond acceptors (Lipinski definition) is 5. The van der Waals surface area contributed by atoms with Crippen molar-refractivity contribution in [1.29, 1.82) is 0 Å². The fraction of sp³-hybridized carbons (Fsp3) is 0.300. The van der Waals surface area contributed by atoms with E-state index in [1.165, 1.54) is 6.20 Å². The first-order valence-electron chi connectivity index (χ1n) is 8.91. The maximum atomic E-state index is 12.2. The van der Waals surface area contributed by atoms with Crippen LogP contribution in [0.5, 0.6) is 0 Å². The summed E-state index contributed by atoms with van der Waals surface area (Å²) in [5, 5.41) is 2.96. The van der Waals surface area contributed by atoms with Gasteiger partial charge in [-0.15, -0.1) is 0 Å². The minimum absolute atomic E-state index is 0.0762. The van der Waals surface area contributed by atoms with Gasteiger partial charge in [-0.3, -0.25) is 14.4 Å². The molecule has 0 spiro atoms. The van der Waals surface area contributed by atoms with Gasteiger partial charge < -0.3 is 15.0 Å². The van der Waals surface area contributed by atoms with E-state index < -0.39 is 24.4 Å². The average molecular weight is 402 g/mol. The van der Waals surface area contributed by atoms with Crippen molar-refractivity contribution >= 4 is 35.2 Å². The van der Waals surface area contributed by atoms with Crippen molar-refractivity contribution in [2.45, 2.75) is 12.8 Å². The molecule has 7 nitrogen and oxygen atoms in total. The molecule has 0 aliphatic carbocycles. The second-order valence-corrected chi connectivity index (χ2v) is 6.93. The molecule has 1 aliphatic heterocycles. The third-order valence-electron chi connectivity index (χ3n) is 4.40. The highest BCUT2D eigenvalue weighted by atomic mass is 35.5. The van der Waals surface area contributed by atoms with Gasteiger partial charge in [0.1, 0.15) is 5.82 Å². The number of anilines is 1. The molecule has 1 N–H and O–H groups in total. The second kappa shape index (κ2) is 9.32. The Morgan fingerprint density at radius 1 is 1.21 bits per heavy atom. The molecule has 0 bridgehead atoms. The summed E-state index contributed by atoms with van der Waals surface area (Å²) in [6.45, 7) is 0.429. The van der Waals surface area contributed by atoms with Crippen LogP contribution >= 0.6 is 11.6 Å². The van der Waals surface area contributed by atoms with Gasteiger partial charge in [-0.25, -0.2) is 4.98 Å². The lowest BCUT2D eigenvalue weighted by Gasteiger charge is -2.16. The SMILES string of the molecule is O=C(COC(=O)[C@H]1CC(=O)N(CCc2ccccc2)C1)Nc1ccc(Cl)cn1. The highest BCUT2D eigenvalue weighted by Crippen LogP contribution is 2.20. The Bertz CT molecular complexity index is 842. The molecule has 0 saturated carbocycles. The zero-order valence-corrected chi connectivity index (χ0v) is 15.9. The number of ether oxygens (including phenoxy) is 1. The van der Waals surface area contributed by atoms with Crippen molar-refractivity contribution in [2.24, 2.45) is 5.92 Å². The molecule has 2 heterocycles. The highest BCUT2D eigenvalue weighted by molar-refractivity contribution is 6.30. The Kier molecular flexibility index (Phi) is 6.60. The summed E-state index contributed by atoms with van der Waals surface area (Å²) in [6.07, 6.45) is 2.23. The van der Waals surface area contributed by atoms with Crippen molar-refractivity contribution in [1.82, 2.24) is 9.88 Å². The lowest BCUT2D eigenvalue weighted by molar-refractivity contribution is -0.151. The summed E-state index contributed by atoms with van der Waals surface area (Å²) in [4.78, 5) is 41.8. The van der Waals surface area contributed by atoms with E-state index in [2.05, 4.69) is 10.3 Å². The fourth-order valence-corrected chi connectivity index (χ4v) is 3.05. The Hall–Kier alpha value is -2.93. The average Bonchev–Trinajstić information content (AvgIpc) is 3.08. The Morgan fingerprint density at radius 3 is 2.71 bits per heavy atom. The summed E-state index contributed by atoms with van der Waals surface area (Å²) in [6, 6.07) is 13.0. The molecule has 1 atom stereocenters. The Morgan fingerprint density at radius 2 is 2.00 bits per heavy atom. The molecule has 28 heavy (non-hydrogen) atoms. The predicted molar refractivity (Wildman–Crippen MR) is 104 cm³/mol. The highest BCUT2D eigenvalue weighted by Gasteiger charge is 2.35. The van der Waals surface area contributed by atoms with Crippen LogP contribution in [0.15, 0.2) is 48.7 Å². The summed E-state index contributed by atoms with van der Waals surface area (Å²) < 4.78 is 5.06. The molecule has 0 unspecified atom stereocenters. The lowest BCUT2D eigenvalue weighted by Crippen LogP contribution is -2.29. The molecule has 2 amide bonds. The summed E-state index contributed by atoms with van der Waals surface area (Å²) in [5.41, 5.74) is 1.13. The van der Waals surface area contributed by atoms with Gasteiger partial charge in [-0.2, -0.15) is 0 Å². The molecule has 1 aliphatic rings. The Labute approximate surface area is 167 Å². The maximum absolute atomic E-state index is 12.2. The van der Waals surface area contributed by atoms with Crippen molar-refractivity contribution in [3.05, 3.63) is 59.2 Å². The third-order valence-corrected chi connectivity index (χ3v) is 4.63. The number of carbonyl (C=O) groups is 3. The summed E-state index contributed by atoms with van der Waals surface area (Å²) in [5.74, 6) is -1.37. The van der Waals surface area contributed by atoms with Crippen molar-refractivity contribution in [3.8, 4) is 0 Å². The van der Waals surface area contributed by atoms with Crippen LogP contribution in [0, 0.1) is 5.92 Å². The number of hydrogen-bond donors (Lipinski definition) is 1. The Balaban J connectivity index is 1.42. The number of aromatic nitrogens is 1. The normalized spacial score (nSPS) is 16.1. The van der Waals surface area contributed by atoms with Gasteiger partial charge in [-0.1, -0.05) is 41.9 Å². The zero-order chi connectivity index (χ0) is 19.9. The number of halogens is 1. The van der Waals surface area contributed by atoms with E-state index in [1.807, 2.05) is 30.3 Å². The van der Waals surface area contributed by atoms with E-state index in [9.17, 15) is 14.4 Å². The van der Waals surface area contributed by atoms with E-state index >= 15 is 0 Å². The number of nitrogens with one attached hydrogen (secondary N) is 1. The number of nitrogens with zero attached hydrogens (tertiary/aromatic N) is 2. The van der Waals surface area contributed by atoms with Gasteiger partial charge in [0.2, 0.25) is 5.91 Å². The van der Waals surface area contributed by atoms with Gasteiger partial charge >= 0.3 is 5.97 Å². The van der Waals surface area contributed by atoms with Crippen molar-refractivity contribution in [3.63, 3.8) is 0 Å². The number of benzene rings is 1. The number of pyridine rings is 1. The summed E-state index contributed by atoms with van der Waals surface area (Å²) in [7, 11) is 0. The maximum Gasteiger partial charge on any atom is 0.311 e. The minimum Gasteiger partial charge on any atom is -0.455 e. The minimum atomic E-state index is -0.551. The molecule has 1 aromatic heterocycles. The van der Waals surface area contributed by atoms with Crippen molar-refractivity contribution in [2.75, 3.05) is 25.0 Å². The van der Waals surface area contributed by atoms with Gasteiger partial charge in [0.05, 0.1) is 10.9 Å². The van der Waals surface area contributed by atoms with Crippen LogP contribution < -0.4 is 5.32 Å². The molecule has 8 heteroatoms. The third kappa shape index (κ3) is 5.53. The molecule has 3 rings (SSSR count). The second-order valence-electron chi connectivity index (χ2n) is 6.49. The monoisotopic (exact) mass is 401 g/mol. The number of rotatable bonds is 7. The number of esters is 1. The van der Waals surface area contributed by atoms with Gasteiger partial charge in [-0.05, 0) is 24.1 Å². The molecule has 1 aromatic carbocycles. The van der Waals surface area contributed by atoms with Gasteiger partial charge in [0, 0.05) is 25.7 Å². The zero-order valence-electron chi connectivity index (χ0n) is 15.1. The molecule has 0 radical (unpaired) electrons. The first-order valence-corrected chi connectivity index (χ1v) is 9.29. The molecular formula is C20H20ClN3O4. The first kappa shape index (κ1) is 19.8. The molecule has 1 saturated heterocycles. The van der Waals surface area contributed by atoms with E-state index in [-0.39, 0.29) is 12.3 Å². The van der Waals surface area contributed by atoms with Crippen LogP contribution in [0.3, 0.4) is 0 Å². The number of carbonyl (C=O) groups excluding carboxylic acids is 3. The van der Waals surface area contributed by atoms with Crippen LogP contribution in [0.25, 0.3) is 0 Å². The number of amides is 2. The summed E-state index contributed by atoms with van der Waals surface area (Å²) >= 11 is 5.73. The lowest BCUT2D eigenvalue weighted by atomic mass is 10.1. The molecule has 1 fully saturated rings. The smallest absolute Gasteiger partial charge is 0.311 e. The van der Waals surface area contributed by atoms with E-state index in [4.69, 9.17) is 16.3 Å². The first-order chi connectivity index (χ1) is 13.5. The predicted octanol–water partition coefficient (Wildman–Crippen LogP) is 2.31.